The van der Waals surface area contributed by atoms with E-state index in [4.69, 9.17) is 37.5 Å². The van der Waals surface area contributed by atoms with Crippen LogP contribution in [0.1, 0.15) is 261 Å². The molecule has 0 aromatic heterocycles. The quantitative estimate of drug-likeness (QED) is 0.0467. The average molecular weight is 951 g/mol. The van der Waals surface area contributed by atoms with E-state index < -0.39 is 20.0 Å². The van der Waals surface area contributed by atoms with Crippen LogP contribution in [-0.4, -0.2) is 94.4 Å². The first-order valence-electron chi connectivity index (χ1n) is 27.8. The van der Waals surface area contributed by atoms with Gasteiger partial charge in [0.2, 0.25) is 0 Å². The van der Waals surface area contributed by atoms with Gasteiger partial charge in [-0.05, 0) is 54.4 Å². The summed E-state index contributed by atoms with van der Waals surface area (Å²) < 4.78 is 58.5. The van der Waals surface area contributed by atoms with Crippen molar-refractivity contribution in [2.24, 2.45) is 0 Å². The van der Waals surface area contributed by atoms with Crippen molar-refractivity contribution in [1.82, 2.24) is 0 Å². The van der Waals surface area contributed by atoms with E-state index in [2.05, 4.69) is 13.8 Å². The van der Waals surface area contributed by atoms with Crippen LogP contribution >= 0.6 is 7.82 Å². The minimum Gasteiger partial charge on any atom is -0.379 e. The molecule has 6 unspecified atom stereocenters. The summed E-state index contributed by atoms with van der Waals surface area (Å²) in [6.45, 7) is 19.4. The van der Waals surface area contributed by atoms with Crippen LogP contribution in [0.25, 0.3) is 0 Å². The predicted octanol–water partition coefficient (Wildman–Crippen LogP) is 16.1. The molecular weight excluding hydrogens is 840 g/mol. The topological polar surface area (TPSA) is 111 Å². The summed E-state index contributed by atoms with van der Waals surface area (Å²) in [5.74, 6) is 0. The highest BCUT2D eigenvalue weighted by Crippen LogP contribution is 2.46. The maximum Gasteiger partial charge on any atom is 0.472 e. The van der Waals surface area contributed by atoms with Gasteiger partial charge in [-0.15, -0.1) is 0 Å². The lowest BCUT2D eigenvalue weighted by Gasteiger charge is -2.23. The largest absolute Gasteiger partial charge is 0.472 e. The normalized spacial score (nSPS) is 15.8. The van der Waals surface area contributed by atoms with Crippen molar-refractivity contribution in [2.45, 2.75) is 297 Å². The van der Waals surface area contributed by atoms with Gasteiger partial charge in [-0.2, -0.15) is 0 Å². The summed E-state index contributed by atoms with van der Waals surface area (Å²) in [7, 11) is -4.32. The molecule has 0 rings (SSSR count). The third-order valence-corrected chi connectivity index (χ3v) is 13.3. The molecule has 11 heteroatoms. The number of ether oxygens (including phenoxy) is 6. The lowest BCUT2D eigenvalue weighted by Crippen LogP contribution is -2.27. The van der Waals surface area contributed by atoms with Crippen molar-refractivity contribution in [3.05, 3.63) is 0 Å². The van der Waals surface area contributed by atoms with Gasteiger partial charge < -0.3 is 33.3 Å². The number of phosphoric ester groups is 1. The van der Waals surface area contributed by atoms with Gasteiger partial charge in [0.05, 0.1) is 76.3 Å². The molecule has 1 N–H and O–H groups in total. The second-order valence-electron chi connectivity index (χ2n) is 19.6. The van der Waals surface area contributed by atoms with Crippen molar-refractivity contribution in [1.29, 1.82) is 0 Å². The van der Waals surface area contributed by atoms with Crippen LogP contribution in [-0.2, 0) is 42.0 Å². The monoisotopic (exact) mass is 951 g/mol. The Morgan fingerprint density at radius 1 is 0.308 bits per heavy atom. The second kappa shape index (κ2) is 48.9. The van der Waals surface area contributed by atoms with Gasteiger partial charge in [-0.3, -0.25) is 9.05 Å². The Kier molecular flexibility index (Phi) is 48.8. The Labute approximate surface area is 403 Å². The Balaban J connectivity index is 3.73. The van der Waals surface area contributed by atoms with E-state index in [0.717, 1.165) is 26.1 Å². The van der Waals surface area contributed by atoms with Crippen molar-refractivity contribution in [2.75, 3.05) is 52.9 Å². The lowest BCUT2D eigenvalue weighted by molar-refractivity contribution is -0.0765. The molecule has 392 valence electrons. The molecule has 0 aromatic rings. The molecule has 0 aromatic carbocycles. The van der Waals surface area contributed by atoms with E-state index >= 15 is 0 Å². The zero-order valence-electron chi connectivity index (χ0n) is 44.3. The standard InChI is InChI=1S/C54H111O10P/c1-9-11-13-15-17-19-21-23-25-27-29-31-33-35-37-39-41-57-43-49(3)59-45-51(5)61-47-53(7)63-65(55,56)64-54(8)48-62-52(6)46-60-50(4)44-58-42-40-38-36-34-32-30-28-26-24-22-20-18-16-14-12-10-2/h49-54H,9-48H2,1-8H3,(H,55,56). The van der Waals surface area contributed by atoms with Crippen LogP contribution in [0.5, 0.6) is 0 Å². The molecule has 0 amide bonds. The van der Waals surface area contributed by atoms with Crippen molar-refractivity contribution < 1.29 is 46.9 Å². The van der Waals surface area contributed by atoms with Gasteiger partial charge in [0, 0.05) is 13.2 Å². The first-order chi connectivity index (χ1) is 31.5. The molecule has 0 saturated heterocycles. The number of unbranched alkanes of at least 4 members (excludes halogenated alkanes) is 30. The molecule has 0 aliphatic rings. The highest BCUT2D eigenvalue weighted by Gasteiger charge is 2.28. The Morgan fingerprint density at radius 2 is 0.508 bits per heavy atom. The summed E-state index contributed by atoms with van der Waals surface area (Å²) in [6, 6.07) is 0. The van der Waals surface area contributed by atoms with Crippen molar-refractivity contribution in [3.63, 3.8) is 0 Å². The minimum atomic E-state index is -4.32. The molecule has 10 nitrogen and oxygen atoms in total. The van der Waals surface area contributed by atoms with Crippen LogP contribution < -0.4 is 0 Å². The minimum absolute atomic E-state index is 0.0411. The number of hydrogen-bond donors (Lipinski definition) is 1. The number of rotatable bonds is 54. The Morgan fingerprint density at radius 3 is 0.754 bits per heavy atom. The SMILES string of the molecule is CCCCCCCCCCCCCCCCCCOCC(C)OCC(C)OCC(C)OP(=O)(O)OC(C)COC(C)COC(C)COCCCCCCCCCCCCCCCCCC. The highest BCUT2D eigenvalue weighted by molar-refractivity contribution is 7.47. The molecular formula is C54H111O10P. The average Bonchev–Trinajstić information content (AvgIpc) is 3.27. The van der Waals surface area contributed by atoms with Gasteiger partial charge in [0.15, 0.2) is 0 Å². The first-order valence-corrected chi connectivity index (χ1v) is 29.3. The molecule has 6 atom stereocenters. The van der Waals surface area contributed by atoms with Gasteiger partial charge in [-0.25, -0.2) is 4.57 Å². The van der Waals surface area contributed by atoms with E-state index in [1.807, 2.05) is 27.7 Å². The molecule has 0 radical (unpaired) electrons. The van der Waals surface area contributed by atoms with Crippen LogP contribution in [0.15, 0.2) is 0 Å². The molecule has 65 heavy (non-hydrogen) atoms. The number of phosphoric acid groups is 1. The lowest BCUT2D eigenvalue weighted by atomic mass is 10.0. The summed E-state index contributed by atoms with van der Waals surface area (Å²) in [6.07, 6.45) is 41.8. The van der Waals surface area contributed by atoms with E-state index in [9.17, 15) is 9.46 Å². The van der Waals surface area contributed by atoms with Crippen LogP contribution in [0.4, 0.5) is 0 Å². The third-order valence-electron chi connectivity index (χ3n) is 12.1. The molecule has 0 bridgehead atoms. The van der Waals surface area contributed by atoms with Crippen molar-refractivity contribution in [3.8, 4) is 0 Å². The summed E-state index contributed by atoms with van der Waals surface area (Å²) in [4.78, 5) is 10.4. The van der Waals surface area contributed by atoms with E-state index in [1.165, 1.54) is 193 Å². The summed E-state index contributed by atoms with van der Waals surface area (Å²) in [5, 5.41) is 0. The fourth-order valence-electron chi connectivity index (χ4n) is 7.94. The summed E-state index contributed by atoms with van der Waals surface area (Å²) >= 11 is 0. The van der Waals surface area contributed by atoms with Crippen molar-refractivity contribution >= 4 is 7.82 Å². The van der Waals surface area contributed by atoms with Gasteiger partial charge in [0.25, 0.3) is 0 Å². The molecule has 0 saturated carbocycles. The fraction of sp³-hybridized carbons (Fsp3) is 1.00. The number of hydrogen-bond acceptors (Lipinski definition) is 9. The molecule has 0 spiro atoms. The zero-order valence-corrected chi connectivity index (χ0v) is 45.2. The first kappa shape index (κ1) is 64.9. The predicted molar refractivity (Wildman–Crippen MR) is 273 cm³/mol. The second-order valence-corrected chi connectivity index (χ2v) is 21.0. The van der Waals surface area contributed by atoms with Gasteiger partial charge >= 0.3 is 7.82 Å². The third kappa shape index (κ3) is 50.1. The van der Waals surface area contributed by atoms with Gasteiger partial charge in [-0.1, -0.05) is 206 Å². The molecule has 0 aliphatic heterocycles. The summed E-state index contributed by atoms with van der Waals surface area (Å²) in [5.41, 5.74) is 0. The van der Waals surface area contributed by atoms with E-state index in [0.29, 0.717) is 26.4 Å². The van der Waals surface area contributed by atoms with Crippen LogP contribution in [0.3, 0.4) is 0 Å². The maximum atomic E-state index is 12.7. The Bertz CT molecular complexity index is 919. The van der Waals surface area contributed by atoms with Crippen LogP contribution in [0.2, 0.25) is 0 Å². The van der Waals surface area contributed by atoms with Crippen LogP contribution in [0, 0.1) is 0 Å². The van der Waals surface area contributed by atoms with E-state index in [-0.39, 0.29) is 37.6 Å². The van der Waals surface area contributed by atoms with E-state index in [1.54, 1.807) is 13.8 Å². The smallest absolute Gasteiger partial charge is 0.379 e. The van der Waals surface area contributed by atoms with Gasteiger partial charge in [0.1, 0.15) is 0 Å². The molecule has 0 aliphatic carbocycles. The maximum absolute atomic E-state index is 12.7. The highest BCUT2D eigenvalue weighted by atomic mass is 31.2. The Hall–Kier alpha value is -0.130. The molecule has 0 fully saturated rings. The fourth-order valence-corrected chi connectivity index (χ4v) is 9.02. The zero-order chi connectivity index (χ0) is 47.9. The molecule has 0 heterocycles.